The van der Waals surface area contributed by atoms with Crippen LogP contribution in [0.15, 0.2) is 33.9 Å². The molecule has 1 aliphatic heterocycles. The first-order valence-electron chi connectivity index (χ1n) is 4.06. The highest BCUT2D eigenvalue weighted by atomic mass is 32.2. The van der Waals surface area contributed by atoms with E-state index in [1.54, 1.807) is 18.4 Å². The van der Waals surface area contributed by atoms with Gasteiger partial charge in [0.15, 0.2) is 0 Å². The van der Waals surface area contributed by atoms with Crippen molar-refractivity contribution in [1.29, 1.82) is 0 Å². The molecule has 0 radical (unpaired) electrons. The molecule has 0 aromatic carbocycles. The molecule has 1 aromatic rings. The number of ether oxygens (including phenoxy) is 1. The maximum atomic E-state index is 5.64. The fourth-order valence-corrected chi connectivity index (χ4v) is 1.36. The second kappa shape index (κ2) is 3.51. The van der Waals surface area contributed by atoms with Crippen LogP contribution in [-0.2, 0) is 4.74 Å². The van der Waals surface area contributed by atoms with Crippen LogP contribution in [0.4, 0.5) is 0 Å². The fourth-order valence-electron chi connectivity index (χ4n) is 1.01. The Morgan fingerprint density at radius 1 is 1.57 bits per heavy atom. The van der Waals surface area contributed by atoms with Gasteiger partial charge in [0.25, 0.3) is 0 Å². The van der Waals surface area contributed by atoms with Crippen LogP contribution in [0.3, 0.4) is 0 Å². The number of furan rings is 1. The Labute approximate surface area is 85.8 Å². The number of nitrogens with two attached hydrogens (primary N) is 1. The summed E-state index contributed by atoms with van der Waals surface area (Å²) < 4.78 is 10.3. The lowest BCUT2D eigenvalue weighted by atomic mass is 10.4. The van der Waals surface area contributed by atoms with Crippen LogP contribution < -0.4 is 5.73 Å². The maximum Gasteiger partial charge on any atom is 0.311 e. The van der Waals surface area contributed by atoms with Crippen molar-refractivity contribution in [1.82, 2.24) is 0 Å². The third-order valence-corrected chi connectivity index (χ3v) is 2.50. The van der Waals surface area contributed by atoms with E-state index in [-0.39, 0.29) is 0 Å². The first kappa shape index (κ1) is 9.36. The summed E-state index contributed by atoms with van der Waals surface area (Å²) in [5.74, 6) is 1.29. The molecule has 1 unspecified atom stereocenters. The predicted molar refractivity (Wildman–Crippen MR) is 56.7 cm³/mol. The molecule has 4 nitrogen and oxygen atoms in total. The molecule has 0 amide bonds. The van der Waals surface area contributed by atoms with Gasteiger partial charge in [-0.15, -0.1) is 0 Å². The van der Waals surface area contributed by atoms with Gasteiger partial charge in [0.2, 0.25) is 5.90 Å². The quantitative estimate of drug-likeness (QED) is 0.771. The van der Waals surface area contributed by atoms with Gasteiger partial charge in [-0.05, 0) is 24.5 Å². The number of nitrogens with zero attached hydrogens (tertiary/aromatic N) is 1. The minimum absolute atomic E-state index is 0.526. The minimum Gasteiger partial charge on any atom is -0.465 e. The van der Waals surface area contributed by atoms with Crippen molar-refractivity contribution < 1.29 is 9.15 Å². The van der Waals surface area contributed by atoms with Gasteiger partial charge in [-0.2, -0.15) is 4.99 Å². The van der Waals surface area contributed by atoms with Gasteiger partial charge in [-0.3, -0.25) is 5.73 Å². The zero-order valence-electron chi connectivity index (χ0n) is 7.64. The second-order valence-electron chi connectivity index (χ2n) is 2.74. The molecule has 2 heterocycles. The summed E-state index contributed by atoms with van der Waals surface area (Å²) in [7, 11) is 0. The van der Waals surface area contributed by atoms with Gasteiger partial charge in [0.05, 0.1) is 6.26 Å². The molecule has 2 rings (SSSR count). The van der Waals surface area contributed by atoms with Crippen LogP contribution in [0.2, 0.25) is 0 Å². The Hall–Kier alpha value is -1.20. The monoisotopic (exact) mass is 210 g/mol. The van der Waals surface area contributed by atoms with Gasteiger partial charge in [-0.25, -0.2) is 0 Å². The number of hydrogen-bond donors (Lipinski definition) is 1. The first-order chi connectivity index (χ1) is 6.72. The molecule has 14 heavy (non-hydrogen) atoms. The number of thioether (sulfide) groups is 1. The van der Waals surface area contributed by atoms with E-state index in [2.05, 4.69) is 4.99 Å². The molecular weight excluding hydrogens is 200 g/mol. The van der Waals surface area contributed by atoms with Crippen molar-refractivity contribution in [3.8, 4) is 0 Å². The highest BCUT2D eigenvalue weighted by Crippen LogP contribution is 2.28. The van der Waals surface area contributed by atoms with E-state index >= 15 is 0 Å². The smallest absolute Gasteiger partial charge is 0.311 e. The third kappa shape index (κ3) is 1.83. The minimum atomic E-state index is -0.886. The SMILES string of the molecule is CSC1(N)N=C(/C=C/c2ccco2)O1. The highest BCUT2D eigenvalue weighted by molar-refractivity contribution is 7.99. The number of rotatable bonds is 3. The van der Waals surface area contributed by atoms with Crippen molar-refractivity contribution in [3.05, 3.63) is 30.2 Å². The van der Waals surface area contributed by atoms with Gasteiger partial charge in [0.1, 0.15) is 5.76 Å². The normalized spacial score (nSPS) is 25.7. The summed E-state index contributed by atoms with van der Waals surface area (Å²) in [6.45, 7) is 0. The summed E-state index contributed by atoms with van der Waals surface area (Å²) in [4.78, 5) is 4.08. The van der Waals surface area contributed by atoms with Gasteiger partial charge >= 0.3 is 5.18 Å². The van der Waals surface area contributed by atoms with Crippen LogP contribution in [-0.4, -0.2) is 17.3 Å². The topological polar surface area (TPSA) is 60.8 Å². The Balaban J connectivity index is 1.99. The average molecular weight is 210 g/mol. The molecule has 74 valence electrons. The van der Waals surface area contributed by atoms with Gasteiger partial charge < -0.3 is 9.15 Å². The Morgan fingerprint density at radius 2 is 2.36 bits per heavy atom. The molecule has 5 heteroatoms. The highest BCUT2D eigenvalue weighted by Gasteiger charge is 2.34. The van der Waals surface area contributed by atoms with Crippen LogP contribution in [0.25, 0.3) is 6.08 Å². The van der Waals surface area contributed by atoms with Crippen molar-refractivity contribution in [2.24, 2.45) is 10.7 Å². The molecule has 0 saturated heterocycles. The lowest BCUT2D eigenvalue weighted by Gasteiger charge is -2.31. The molecule has 0 aliphatic carbocycles. The van der Waals surface area contributed by atoms with Crippen molar-refractivity contribution in [2.45, 2.75) is 5.18 Å². The summed E-state index contributed by atoms with van der Waals surface area (Å²) in [6, 6.07) is 3.66. The van der Waals surface area contributed by atoms with Crippen LogP contribution in [0.5, 0.6) is 0 Å². The average Bonchev–Trinajstić information content (AvgIpc) is 2.63. The van der Waals surface area contributed by atoms with Crippen LogP contribution in [0.1, 0.15) is 5.76 Å². The summed E-state index contributed by atoms with van der Waals surface area (Å²) >= 11 is 1.35. The lowest BCUT2D eigenvalue weighted by molar-refractivity contribution is 0.119. The largest absolute Gasteiger partial charge is 0.465 e. The summed E-state index contributed by atoms with van der Waals surface area (Å²) in [5, 5.41) is -0.886. The van der Waals surface area contributed by atoms with Crippen LogP contribution in [0, 0.1) is 0 Å². The zero-order valence-corrected chi connectivity index (χ0v) is 8.45. The van der Waals surface area contributed by atoms with Gasteiger partial charge in [-0.1, -0.05) is 11.8 Å². The predicted octanol–water partition coefficient (Wildman–Crippen LogP) is 1.65. The Kier molecular flexibility index (Phi) is 2.35. The van der Waals surface area contributed by atoms with E-state index in [0.717, 1.165) is 5.76 Å². The molecule has 0 spiro atoms. The summed E-state index contributed by atoms with van der Waals surface area (Å²) in [5.41, 5.74) is 5.64. The Morgan fingerprint density at radius 3 is 2.93 bits per heavy atom. The molecule has 0 saturated carbocycles. The zero-order chi connectivity index (χ0) is 10.0. The fraction of sp³-hybridized carbons (Fsp3) is 0.222. The molecule has 0 bridgehead atoms. The van der Waals surface area contributed by atoms with Crippen molar-refractivity contribution in [3.63, 3.8) is 0 Å². The van der Waals surface area contributed by atoms with Crippen molar-refractivity contribution in [2.75, 3.05) is 6.26 Å². The summed E-state index contributed by atoms with van der Waals surface area (Å²) in [6.07, 6.45) is 6.95. The molecule has 0 fully saturated rings. The molecular formula is C9H10N2O2S. The second-order valence-corrected chi connectivity index (χ2v) is 3.73. The van der Waals surface area contributed by atoms with Gasteiger partial charge in [0, 0.05) is 6.08 Å². The van der Waals surface area contributed by atoms with Crippen LogP contribution >= 0.6 is 11.8 Å². The number of aliphatic imine (C=N–C) groups is 1. The third-order valence-electron chi connectivity index (χ3n) is 1.74. The standard InChI is InChI=1S/C9H10N2O2S/c1-14-9(10)11-8(13-9)5-4-7-3-2-6-12-7/h2-6H,10H2,1H3/b5-4+. The van der Waals surface area contributed by atoms with E-state index in [1.165, 1.54) is 11.8 Å². The van der Waals surface area contributed by atoms with E-state index in [4.69, 9.17) is 14.9 Å². The van der Waals surface area contributed by atoms with E-state index in [9.17, 15) is 0 Å². The molecule has 2 N–H and O–H groups in total. The maximum absolute atomic E-state index is 5.64. The van der Waals surface area contributed by atoms with E-state index in [0.29, 0.717) is 5.90 Å². The van der Waals surface area contributed by atoms with E-state index < -0.39 is 5.18 Å². The van der Waals surface area contributed by atoms with E-state index in [1.807, 2.05) is 18.4 Å². The molecule has 1 aliphatic rings. The van der Waals surface area contributed by atoms with Crippen molar-refractivity contribution >= 4 is 23.7 Å². The molecule has 1 atom stereocenters. The Bertz CT molecular complexity index is 372. The lowest BCUT2D eigenvalue weighted by Crippen LogP contribution is -2.46. The number of hydrogen-bond acceptors (Lipinski definition) is 5. The first-order valence-corrected chi connectivity index (χ1v) is 5.29. The molecule has 1 aromatic heterocycles.